The molecule has 2 aromatic heterocycles. The van der Waals surface area contributed by atoms with Gasteiger partial charge in [-0.1, -0.05) is 11.8 Å². The van der Waals surface area contributed by atoms with Gasteiger partial charge in [0.05, 0.1) is 0 Å². The summed E-state index contributed by atoms with van der Waals surface area (Å²) in [5, 5.41) is 11.7. The summed E-state index contributed by atoms with van der Waals surface area (Å²) in [5.74, 6) is 1.36. The first-order chi connectivity index (χ1) is 8.58. The Morgan fingerprint density at radius 3 is 2.94 bits per heavy atom. The Hall–Kier alpha value is -1.63. The summed E-state index contributed by atoms with van der Waals surface area (Å²) in [6, 6.07) is 1.99. The summed E-state index contributed by atoms with van der Waals surface area (Å²) >= 11 is 1.55. The number of aromatic nitrogens is 4. The monoisotopic (exact) mass is 265 g/mol. The number of aryl methyl sites for hydroxylation is 2. The van der Waals surface area contributed by atoms with Gasteiger partial charge in [-0.15, -0.1) is 10.2 Å². The number of carbonyl (C=O) groups is 1. The van der Waals surface area contributed by atoms with Gasteiger partial charge in [0, 0.05) is 30.6 Å². The van der Waals surface area contributed by atoms with E-state index in [1.165, 1.54) is 6.92 Å². The number of nitrogens with zero attached hydrogens (tertiary/aromatic N) is 4. The van der Waals surface area contributed by atoms with Crippen molar-refractivity contribution >= 4 is 23.4 Å². The molecule has 18 heavy (non-hydrogen) atoms. The lowest BCUT2D eigenvalue weighted by atomic mass is 10.3. The maximum absolute atomic E-state index is 10.7. The molecule has 6 nitrogen and oxygen atoms in total. The molecule has 0 aliphatic carbocycles. The fraction of sp³-hybridized carbons (Fsp3) is 0.455. The van der Waals surface area contributed by atoms with Crippen LogP contribution in [0, 0.1) is 13.8 Å². The van der Waals surface area contributed by atoms with E-state index in [1.807, 2.05) is 24.3 Å². The van der Waals surface area contributed by atoms with Gasteiger partial charge in [-0.3, -0.25) is 9.20 Å². The minimum Gasteiger partial charge on any atom is -0.356 e. The largest absolute Gasteiger partial charge is 0.356 e. The van der Waals surface area contributed by atoms with Crippen LogP contribution < -0.4 is 5.32 Å². The smallest absolute Gasteiger partial charge is 0.256 e. The Kier molecular flexibility index (Phi) is 3.81. The maximum Gasteiger partial charge on any atom is 0.256 e. The lowest BCUT2D eigenvalue weighted by molar-refractivity contribution is -0.118. The molecule has 96 valence electrons. The van der Waals surface area contributed by atoms with Crippen molar-refractivity contribution in [3.05, 3.63) is 17.5 Å². The Balaban J connectivity index is 2.12. The zero-order valence-electron chi connectivity index (χ0n) is 10.6. The topological polar surface area (TPSA) is 72.2 Å². The van der Waals surface area contributed by atoms with Crippen LogP contribution in [0.25, 0.3) is 5.78 Å². The number of amides is 1. The average molecular weight is 265 g/mol. The minimum absolute atomic E-state index is 0.0184. The highest BCUT2D eigenvalue weighted by molar-refractivity contribution is 7.99. The summed E-state index contributed by atoms with van der Waals surface area (Å²) < 4.78 is 1.92. The van der Waals surface area contributed by atoms with Crippen molar-refractivity contribution in [2.45, 2.75) is 25.9 Å². The minimum atomic E-state index is -0.0184. The van der Waals surface area contributed by atoms with Crippen molar-refractivity contribution in [1.82, 2.24) is 24.9 Å². The van der Waals surface area contributed by atoms with Crippen LogP contribution in [0.1, 0.15) is 18.3 Å². The fourth-order valence-corrected chi connectivity index (χ4v) is 2.50. The molecule has 0 saturated carbocycles. The second-order valence-electron chi connectivity index (χ2n) is 3.99. The van der Waals surface area contributed by atoms with Crippen molar-refractivity contribution in [3.63, 3.8) is 0 Å². The molecule has 7 heteroatoms. The van der Waals surface area contributed by atoms with Gasteiger partial charge in [0.1, 0.15) is 0 Å². The van der Waals surface area contributed by atoms with E-state index < -0.39 is 0 Å². The van der Waals surface area contributed by atoms with Gasteiger partial charge in [0.2, 0.25) is 5.91 Å². The number of thioether (sulfide) groups is 1. The molecule has 1 N–H and O–H groups in total. The lowest BCUT2D eigenvalue weighted by Crippen LogP contribution is -2.22. The summed E-state index contributed by atoms with van der Waals surface area (Å²) in [6.45, 7) is 6.06. The molecule has 0 saturated heterocycles. The first-order valence-corrected chi connectivity index (χ1v) is 6.63. The highest BCUT2D eigenvalue weighted by Gasteiger charge is 2.09. The molecule has 0 unspecified atom stereocenters. The third-order valence-electron chi connectivity index (χ3n) is 2.37. The fourth-order valence-electron chi connectivity index (χ4n) is 1.66. The quantitative estimate of drug-likeness (QED) is 0.659. The van der Waals surface area contributed by atoms with Crippen LogP contribution in [0.2, 0.25) is 0 Å². The number of hydrogen-bond acceptors (Lipinski definition) is 5. The van der Waals surface area contributed by atoms with Crippen LogP contribution in [-0.4, -0.2) is 37.8 Å². The zero-order valence-corrected chi connectivity index (χ0v) is 11.4. The van der Waals surface area contributed by atoms with Crippen LogP contribution in [0.4, 0.5) is 0 Å². The number of carbonyl (C=O) groups excluding carboxylic acids is 1. The highest BCUT2D eigenvalue weighted by atomic mass is 32.2. The summed E-state index contributed by atoms with van der Waals surface area (Å²) in [7, 11) is 0. The average Bonchev–Trinajstić information content (AvgIpc) is 2.67. The molecule has 0 spiro atoms. The van der Waals surface area contributed by atoms with E-state index >= 15 is 0 Å². The molecular formula is C11H15N5OS. The Morgan fingerprint density at radius 1 is 1.44 bits per heavy atom. The third-order valence-corrected chi connectivity index (χ3v) is 3.30. The molecule has 0 aliphatic heterocycles. The molecular weight excluding hydrogens is 250 g/mol. The number of hydrogen-bond donors (Lipinski definition) is 1. The van der Waals surface area contributed by atoms with Crippen LogP contribution in [-0.2, 0) is 4.79 Å². The van der Waals surface area contributed by atoms with Gasteiger partial charge >= 0.3 is 0 Å². The lowest BCUT2D eigenvalue weighted by Gasteiger charge is -2.04. The molecule has 2 rings (SSSR count). The second kappa shape index (κ2) is 5.34. The Labute approximate surface area is 109 Å². The van der Waals surface area contributed by atoms with E-state index in [1.54, 1.807) is 11.8 Å². The van der Waals surface area contributed by atoms with Crippen LogP contribution in [0.15, 0.2) is 11.2 Å². The standard InChI is InChI=1S/C11H15N5OS/c1-7-6-8(2)16-10(13-7)14-15-11(16)18-5-4-12-9(3)17/h6H,4-5H2,1-3H3,(H,12,17). The van der Waals surface area contributed by atoms with Crippen molar-refractivity contribution in [2.75, 3.05) is 12.3 Å². The molecule has 0 bridgehead atoms. The number of fused-ring (bicyclic) bond motifs is 1. The van der Waals surface area contributed by atoms with Gasteiger partial charge in [0.15, 0.2) is 5.16 Å². The van der Waals surface area contributed by atoms with E-state index in [0.717, 1.165) is 22.3 Å². The predicted octanol–water partition coefficient (Wildman–Crippen LogP) is 0.969. The van der Waals surface area contributed by atoms with Gasteiger partial charge in [-0.25, -0.2) is 4.98 Å². The zero-order chi connectivity index (χ0) is 13.1. The van der Waals surface area contributed by atoms with E-state index in [2.05, 4.69) is 20.5 Å². The number of rotatable bonds is 4. The van der Waals surface area contributed by atoms with Crippen molar-refractivity contribution in [3.8, 4) is 0 Å². The molecule has 0 aromatic carbocycles. The predicted molar refractivity (Wildman–Crippen MR) is 69.7 cm³/mol. The van der Waals surface area contributed by atoms with E-state index in [-0.39, 0.29) is 5.91 Å². The van der Waals surface area contributed by atoms with Gasteiger partial charge in [-0.2, -0.15) is 0 Å². The summed E-state index contributed by atoms with van der Waals surface area (Å²) in [6.07, 6.45) is 0. The third kappa shape index (κ3) is 2.79. The molecule has 0 atom stereocenters. The van der Waals surface area contributed by atoms with Gasteiger partial charge < -0.3 is 5.32 Å². The maximum atomic E-state index is 10.7. The molecule has 0 fully saturated rings. The molecule has 2 aromatic rings. The first-order valence-electron chi connectivity index (χ1n) is 5.64. The SMILES string of the molecule is CC(=O)NCCSc1nnc2nc(C)cc(C)n12. The van der Waals surface area contributed by atoms with Crippen LogP contribution in [0.3, 0.4) is 0 Å². The van der Waals surface area contributed by atoms with Crippen molar-refractivity contribution in [1.29, 1.82) is 0 Å². The van der Waals surface area contributed by atoms with E-state index in [0.29, 0.717) is 12.3 Å². The molecule has 2 heterocycles. The van der Waals surface area contributed by atoms with Crippen LogP contribution in [0.5, 0.6) is 0 Å². The molecule has 0 radical (unpaired) electrons. The summed E-state index contributed by atoms with van der Waals surface area (Å²) in [5.41, 5.74) is 1.99. The second-order valence-corrected chi connectivity index (χ2v) is 5.05. The van der Waals surface area contributed by atoms with Gasteiger partial charge in [-0.05, 0) is 19.9 Å². The van der Waals surface area contributed by atoms with Crippen molar-refractivity contribution < 1.29 is 4.79 Å². The molecule has 1 amide bonds. The number of nitrogens with one attached hydrogen (secondary N) is 1. The molecule has 0 aliphatic rings. The summed E-state index contributed by atoms with van der Waals surface area (Å²) in [4.78, 5) is 15.1. The van der Waals surface area contributed by atoms with Crippen molar-refractivity contribution in [2.24, 2.45) is 0 Å². The van der Waals surface area contributed by atoms with Gasteiger partial charge in [0.25, 0.3) is 5.78 Å². The highest BCUT2D eigenvalue weighted by Crippen LogP contribution is 2.17. The normalized spacial score (nSPS) is 10.8. The Morgan fingerprint density at radius 2 is 2.22 bits per heavy atom. The van der Waals surface area contributed by atoms with E-state index in [9.17, 15) is 4.79 Å². The first kappa shape index (κ1) is 12.8. The van der Waals surface area contributed by atoms with Crippen LogP contribution >= 0.6 is 11.8 Å². The Bertz CT molecular complexity index is 580. The van der Waals surface area contributed by atoms with E-state index in [4.69, 9.17) is 0 Å².